The Morgan fingerprint density at radius 2 is 1.87 bits per heavy atom. The van der Waals surface area contributed by atoms with E-state index in [1.807, 2.05) is 24.3 Å². The molecule has 0 bridgehead atoms. The summed E-state index contributed by atoms with van der Waals surface area (Å²) < 4.78 is 30.2. The van der Waals surface area contributed by atoms with Crippen LogP contribution in [-0.4, -0.2) is 39.2 Å². The molecule has 0 saturated carbocycles. The van der Waals surface area contributed by atoms with Crippen LogP contribution >= 0.6 is 11.3 Å². The van der Waals surface area contributed by atoms with Gasteiger partial charge in [-0.05, 0) is 36.2 Å². The number of hydrogen-bond donors (Lipinski definition) is 1. The van der Waals surface area contributed by atoms with Gasteiger partial charge < -0.3 is 19.5 Å². The van der Waals surface area contributed by atoms with Gasteiger partial charge in [0.2, 0.25) is 0 Å². The van der Waals surface area contributed by atoms with E-state index in [1.165, 1.54) is 13.2 Å². The fourth-order valence-electron chi connectivity index (χ4n) is 3.00. The Labute approximate surface area is 177 Å². The SMILES string of the molecule is COCc1c(C(=O)OCC(=O)NCCc2ccc(OC)cc2)sc2cccc(F)c12. The summed E-state index contributed by atoms with van der Waals surface area (Å²) in [4.78, 5) is 24.8. The minimum atomic E-state index is -0.673. The molecule has 0 atom stereocenters. The summed E-state index contributed by atoms with van der Waals surface area (Å²) in [6.07, 6.45) is 0.636. The lowest BCUT2D eigenvalue weighted by atomic mass is 10.1. The van der Waals surface area contributed by atoms with Crippen LogP contribution in [-0.2, 0) is 27.3 Å². The molecule has 0 saturated heterocycles. The zero-order valence-corrected chi connectivity index (χ0v) is 17.5. The number of carbonyl (C=O) groups is 2. The number of halogens is 1. The third kappa shape index (κ3) is 5.14. The average Bonchev–Trinajstić information content (AvgIpc) is 3.12. The van der Waals surface area contributed by atoms with E-state index in [-0.39, 0.29) is 11.5 Å². The van der Waals surface area contributed by atoms with Gasteiger partial charge in [-0.3, -0.25) is 4.79 Å². The lowest BCUT2D eigenvalue weighted by Gasteiger charge is -2.08. The summed E-state index contributed by atoms with van der Waals surface area (Å²) in [5.41, 5.74) is 1.48. The number of nitrogens with one attached hydrogen (secondary N) is 1. The minimum Gasteiger partial charge on any atom is -0.497 e. The summed E-state index contributed by atoms with van der Waals surface area (Å²) in [5.74, 6) is -0.736. The van der Waals surface area contributed by atoms with Crippen LogP contribution in [0.25, 0.3) is 10.1 Å². The lowest BCUT2D eigenvalue weighted by molar-refractivity contribution is -0.124. The molecule has 8 heteroatoms. The number of fused-ring (bicyclic) bond motifs is 1. The molecule has 0 spiro atoms. The van der Waals surface area contributed by atoms with Gasteiger partial charge in [-0.25, -0.2) is 9.18 Å². The van der Waals surface area contributed by atoms with Crippen molar-refractivity contribution in [3.63, 3.8) is 0 Å². The first-order valence-electron chi connectivity index (χ1n) is 9.29. The van der Waals surface area contributed by atoms with Gasteiger partial charge in [-0.2, -0.15) is 0 Å². The number of thiophene rings is 1. The third-order valence-electron chi connectivity index (χ3n) is 4.47. The van der Waals surface area contributed by atoms with Crippen LogP contribution in [0.3, 0.4) is 0 Å². The molecule has 0 unspecified atom stereocenters. The fraction of sp³-hybridized carbons (Fsp3) is 0.273. The van der Waals surface area contributed by atoms with Crippen molar-refractivity contribution in [2.75, 3.05) is 27.4 Å². The molecule has 158 valence electrons. The number of carbonyl (C=O) groups excluding carboxylic acids is 2. The topological polar surface area (TPSA) is 73.9 Å². The van der Waals surface area contributed by atoms with E-state index in [2.05, 4.69) is 5.32 Å². The highest BCUT2D eigenvalue weighted by Crippen LogP contribution is 2.34. The van der Waals surface area contributed by atoms with Crippen molar-refractivity contribution < 1.29 is 28.2 Å². The lowest BCUT2D eigenvalue weighted by Crippen LogP contribution is -2.30. The molecule has 0 aliphatic carbocycles. The molecule has 1 aromatic heterocycles. The van der Waals surface area contributed by atoms with Crippen molar-refractivity contribution in [1.29, 1.82) is 0 Å². The maximum Gasteiger partial charge on any atom is 0.349 e. The second-order valence-corrected chi connectivity index (χ2v) is 7.53. The van der Waals surface area contributed by atoms with Gasteiger partial charge in [0.05, 0.1) is 13.7 Å². The van der Waals surface area contributed by atoms with Crippen molar-refractivity contribution in [1.82, 2.24) is 5.32 Å². The van der Waals surface area contributed by atoms with Gasteiger partial charge in [0.15, 0.2) is 6.61 Å². The fourth-order valence-corrected chi connectivity index (χ4v) is 4.12. The predicted molar refractivity (Wildman–Crippen MR) is 112 cm³/mol. The number of ether oxygens (including phenoxy) is 3. The van der Waals surface area contributed by atoms with E-state index in [1.54, 1.807) is 19.2 Å². The monoisotopic (exact) mass is 431 g/mol. The van der Waals surface area contributed by atoms with E-state index in [0.717, 1.165) is 22.6 Å². The van der Waals surface area contributed by atoms with E-state index in [0.29, 0.717) is 28.6 Å². The molecule has 1 N–H and O–H groups in total. The smallest absolute Gasteiger partial charge is 0.349 e. The van der Waals surface area contributed by atoms with Gasteiger partial charge in [-0.1, -0.05) is 18.2 Å². The van der Waals surface area contributed by atoms with Crippen molar-refractivity contribution >= 4 is 33.3 Å². The average molecular weight is 431 g/mol. The summed E-state index contributed by atoms with van der Waals surface area (Å²) in [6, 6.07) is 12.2. The van der Waals surface area contributed by atoms with Gasteiger partial charge in [0.1, 0.15) is 16.4 Å². The quantitative estimate of drug-likeness (QED) is 0.523. The van der Waals surface area contributed by atoms with Crippen LogP contribution < -0.4 is 10.1 Å². The summed E-state index contributed by atoms with van der Waals surface area (Å²) >= 11 is 1.12. The van der Waals surface area contributed by atoms with E-state index in [9.17, 15) is 14.0 Å². The Balaban J connectivity index is 1.55. The molecule has 0 radical (unpaired) electrons. The standard InChI is InChI=1S/C22H22FNO5S/c1-27-12-16-20-17(23)4-3-5-18(20)30-21(16)22(26)29-13-19(25)24-11-10-14-6-8-15(28-2)9-7-14/h3-9H,10-13H2,1-2H3,(H,24,25). The summed E-state index contributed by atoms with van der Waals surface area (Å²) in [5, 5.41) is 3.06. The highest BCUT2D eigenvalue weighted by atomic mass is 32.1. The maximum absolute atomic E-state index is 14.2. The zero-order valence-electron chi connectivity index (χ0n) is 16.7. The van der Waals surface area contributed by atoms with Crippen molar-refractivity contribution in [2.45, 2.75) is 13.0 Å². The van der Waals surface area contributed by atoms with Crippen molar-refractivity contribution in [3.05, 3.63) is 64.3 Å². The van der Waals surface area contributed by atoms with Crippen LogP contribution in [0, 0.1) is 5.82 Å². The number of amides is 1. The molecule has 0 aliphatic heterocycles. The molecule has 0 fully saturated rings. The molecule has 3 rings (SSSR count). The predicted octanol–water partition coefficient (Wildman–Crippen LogP) is 3.71. The van der Waals surface area contributed by atoms with Gasteiger partial charge in [-0.15, -0.1) is 11.3 Å². The van der Waals surface area contributed by atoms with Gasteiger partial charge >= 0.3 is 5.97 Å². The zero-order chi connectivity index (χ0) is 21.5. The van der Waals surface area contributed by atoms with Crippen LogP contribution in [0.2, 0.25) is 0 Å². The number of benzene rings is 2. The van der Waals surface area contributed by atoms with Crippen LogP contribution in [0.15, 0.2) is 42.5 Å². The molecule has 1 heterocycles. The number of methoxy groups -OCH3 is 2. The molecular weight excluding hydrogens is 409 g/mol. The minimum absolute atomic E-state index is 0.0689. The molecule has 2 aromatic carbocycles. The van der Waals surface area contributed by atoms with Crippen LogP contribution in [0.1, 0.15) is 20.8 Å². The van der Waals surface area contributed by atoms with E-state index < -0.39 is 24.3 Å². The number of rotatable bonds is 9. The van der Waals surface area contributed by atoms with E-state index in [4.69, 9.17) is 14.2 Å². The molecule has 1 amide bonds. The van der Waals surface area contributed by atoms with Crippen molar-refractivity contribution in [3.8, 4) is 5.75 Å². The van der Waals surface area contributed by atoms with Crippen LogP contribution in [0.5, 0.6) is 5.75 Å². The third-order valence-corrected chi connectivity index (χ3v) is 5.64. The molecule has 0 aliphatic rings. The molecule has 30 heavy (non-hydrogen) atoms. The first-order valence-corrected chi connectivity index (χ1v) is 10.1. The van der Waals surface area contributed by atoms with Gasteiger partial charge in [0, 0.05) is 29.3 Å². The first kappa shape index (κ1) is 21.7. The maximum atomic E-state index is 14.2. The summed E-state index contributed by atoms with van der Waals surface area (Å²) in [6.45, 7) is 0.0652. The van der Waals surface area contributed by atoms with E-state index >= 15 is 0 Å². The largest absolute Gasteiger partial charge is 0.497 e. The van der Waals surface area contributed by atoms with Crippen molar-refractivity contribution in [2.24, 2.45) is 0 Å². The highest BCUT2D eigenvalue weighted by Gasteiger charge is 2.22. The Kier molecular flexibility index (Phi) is 7.37. The molecular formula is C22H22FNO5S. The van der Waals surface area contributed by atoms with Gasteiger partial charge in [0.25, 0.3) is 5.91 Å². The molecule has 3 aromatic rings. The Morgan fingerprint density at radius 1 is 1.10 bits per heavy atom. The van der Waals surface area contributed by atoms with Crippen LogP contribution in [0.4, 0.5) is 4.39 Å². The normalized spacial score (nSPS) is 10.8. The number of esters is 1. The number of hydrogen-bond acceptors (Lipinski definition) is 6. The Morgan fingerprint density at radius 3 is 2.57 bits per heavy atom. The molecule has 6 nitrogen and oxygen atoms in total. The Hall–Kier alpha value is -2.97. The second-order valence-electron chi connectivity index (χ2n) is 6.48. The second kappa shape index (κ2) is 10.2. The summed E-state index contributed by atoms with van der Waals surface area (Å²) in [7, 11) is 3.07. The highest BCUT2D eigenvalue weighted by molar-refractivity contribution is 7.21. The first-order chi connectivity index (χ1) is 14.5. The Bertz CT molecular complexity index is 1030.